The van der Waals surface area contributed by atoms with Crippen molar-refractivity contribution in [3.63, 3.8) is 0 Å². The molecule has 7 nitrogen and oxygen atoms in total. The van der Waals surface area contributed by atoms with Crippen LogP contribution < -0.4 is 0 Å². The Kier molecular flexibility index (Phi) is 5.70. The van der Waals surface area contributed by atoms with Gasteiger partial charge in [-0.1, -0.05) is 23.7 Å². The number of aliphatic carboxylic acids is 1. The average Bonchev–Trinajstić information content (AvgIpc) is 3.46. The number of halogens is 1. The summed E-state index contributed by atoms with van der Waals surface area (Å²) in [5.41, 5.74) is 7.92. The maximum absolute atomic E-state index is 11.7. The third-order valence-corrected chi connectivity index (χ3v) is 7.79. The molecule has 3 heterocycles. The summed E-state index contributed by atoms with van der Waals surface area (Å²) in [6.45, 7) is 1.94. The Morgan fingerprint density at radius 3 is 2.49 bits per heavy atom. The van der Waals surface area contributed by atoms with Gasteiger partial charge in [-0.15, -0.1) is 11.3 Å². The molecule has 6 rings (SSSR count). The Hall–Kier alpha value is -4.14. The number of aromatic nitrogens is 5. The van der Waals surface area contributed by atoms with Crippen LogP contribution in [0.4, 0.5) is 0 Å². The van der Waals surface area contributed by atoms with Gasteiger partial charge in [0.1, 0.15) is 17.0 Å². The predicted molar refractivity (Wildman–Crippen MR) is 147 cm³/mol. The van der Waals surface area contributed by atoms with Crippen LogP contribution in [0.15, 0.2) is 67.3 Å². The van der Waals surface area contributed by atoms with E-state index < -0.39 is 5.97 Å². The Bertz CT molecular complexity index is 1810. The molecule has 0 aliphatic rings. The lowest BCUT2D eigenvalue weighted by atomic mass is 9.93. The molecule has 0 bridgehead atoms. The maximum Gasteiger partial charge on any atom is 0.307 e. The highest BCUT2D eigenvalue weighted by Gasteiger charge is 2.20. The van der Waals surface area contributed by atoms with Gasteiger partial charge in [-0.05, 0) is 60.0 Å². The van der Waals surface area contributed by atoms with E-state index in [4.69, 9.17) is 21.7 Å². The van der Waals surface area contributed by atoms with Crippen molar-refractivity contribution >= 4 is 50.0 Å². The molecule has 37 heavy (non-hydrogen) atoms. The number of fused-ring (bicyclic) bond motifs is 2. The molecule has 0 aliphatic carbocycles. The van der Waals surface area contributed by atoms with Gasteiger partial charge in [0.25, 0.3) is 0 Å². The van der Waals surface area contributed by atoms with Crippen LogP contribution in [0.25, 0.3) is 54.1 Å². The molecule has 0 radical (unpaired) electrons. The first-order chi connectivity index (χ1) is 17.9. The van der Waals surface area contributed by atoms with Crippen molar-refractivity contribution in [1.82, 2.24) is 24.7 Å². The van der Waals surface area contributed by atoms with Gasteiger partial charge in [-0.25, -0.2) is 15.0 Å². The molecular formula is C28H20ClN5O2S. The van der Waals surface area contributed by atoms with Crippen molar-refractivity contribution in [2.45, 2.75) is 13.3 Å². The second kappa shape index (κ2) is 9.06. The molecule has 1 N–H and O–H groups in total. The maximum atomic E-state index is 11.7. The van der Waals surface area contributed by atoms with Crippen molar-refractivity contribution in [2.75, 3.05) is 0 Å². The Balaban J connectivity index is 1.56. The van der Waals surface area contributed by atoms with Crippen molar-refractivity contribution in [1.29, 1.82) is 0 Å². The van der Waals surface area contributed by atoms with Gasteiger partial charge in [-0.3, -0.25) is 9.48 Å². The van der Waals surface area contributed by atoms with E-state index in [9.17, 15) is 9.90 Å². The SMILES string of the molecule is Cc1cc2nc(-c3ccc4c(c3)c(-c3cncnc3)nn4C)sc2c(-c2ccc(Cl)cc2)c1CC(=O)O. The van der Waals surface area contributed by atoms with Crippen LogP contribution >= 0.6 is 22.9 Å². The van der Waals surface area contributed by atoms with E-state index in [2.05, 4.69) is 16.0 Å². The fraction of sp³-hybridized carbons (Fsp3) is 0.107. The molecule has 0 spiro atoms. The summed E-state index contributed by atoms with van der Waals surface area (Å²) >= 11 is 7.70. The van der Waals surface area contributed by atoms with E-state index in [1.54, 1.807) is 23.7 Å². The molecule has 0 amide bonds. The standard InChI is InChI=1S/C28H20ClN5O2S/c1-15-9-22-27(25(20(15)11-24(35)36)16-3-6-19(29)7-4-16)37-28(32-22)17-5-8-23-21(10-17)26(33-34(23)2)18-12-30-14-31-13-18/h3-10,12-14H,11H2,1-2H3,(H,35,36). The van der Waals surface area contributed by atoms with E-state index in [1.807, 2.05) is 61.1 Å². The molecule has 182 valence electrons. The quantitative estimate of drug-likeness (QED) is 0.274. The van der Waals surface area contributed by atoms with Gasteiger partial charge in [0.05, 0.1) is 22.2 Å². The highest BCUT2D eigenvalue weighted by atomic mass is 35.5. The van der Waals surface area contributed by atoms with E-state index in [0.29, 0.717) is 5.02 Å². The summed E-state index contributed by atoms with van der Waals surface area (Å²) in [6, 6.07) is 15.6. The first-order valence-electron chi connectivity index (χ1n) is 11.5. The third-order valence-electron chi connectivity index (χ3n) is 6.40. The number of carboxylic acid groups (broad SMARTS) is 1. The van der Waals surface area contributed by atoms with Crippen LogP contribution in [0.1, 0.15) is 11.1 Å². The summed E-state index contributed by atoms with van der Waals surface area (Å²) in [5, 5.41) is 16.8. The summed E-state index contributed by atoms with van der Waals surface area (Å²) in [5.74, 6) is -0.873. The molecule has 0 saturated heterocycles. The van der Waals surface area contributed by atoms with E-state index >= 15 is 0 Å². The molecule has 9 heteroatoms. The molecule has 3 aromatic carbocycles. The zero-order chi connectivity index (χ0) is 25.7. The number of hydrogen-bond acceptors (Lipinski definition) is 6. The summed E-state index contributed by atoms with van der Waals surface area (Å²) in [6.07, 6.45) is 4.94. The fourth-order valence-corrected chi connectivity index (χ4v) is 5.95. The first kappa shape index (κ1) is 23.3. The first-order valence-corrected chi connectivity index (χ1v) is 12.7. The number of rotatable bonds is 5. The predicted octanol–water partition coefficient (Wildman–Crippen LogP) is 6.56. The minimum Gasteiger partial charge on any atom is -0.481 e. The second-order valence-electron chi connectivity index (χ2n) is 8.82. The monoisotopic (exact) mass is 525 g/mol. The topological polar surface area (TPSA) is 93.8 Å². The van der Waals surface area contributed by atoms with Crippen LogP contribution in [-0.4, -0.2) is 35.8 Å². The summed E-state index contributed by atoms with van der Waals surface area (Å²) < 4.78 is 2.79. The van der Waals surface area contributed by atoms with Crippen molar-refractivity contribution in [3.8, 4) is 33.0 Å². The Morgan fingerprint density at radius 1 is 1.03 bits per heavy atom. The lowest BCUT2D eigenvalue weighted by Gasteiger charge is -2.13. The summed E-state index contributed by atoms with van der Waals surface area (Å²) in [7, 11) is 1.91. The third kappa shape index (κ3) is 4.14. The number of carbonyl (C=O) groups is 1. The molecule has 0 unspecified atom stereocenters. The molecule has 0 atom stereocenters. The Morgan fingerprint density at radius 2 is 1.76 bits per heavy atom. The largest absolute Gasteiger partial charge is 0.481 e. The number of benzene rings is 3. The molecule has 0 aliphatic heterocycles. The number of hydrogen-bond donors (Lipinski definition) is 1. The van der Waals surface area contributed by atoms with Gasteiger partial charge in [0.2, 0.25) is 0 Å². The zero-order valence-electron chi connectivity index (χ0n) is 19.9. The molecule has 0 saturated carbocycles. The minimum absolute atomic E-state index is 0.0723. The second-order valence-corrected chi connectivity index (χ2v) is 10.3. The number of carboxylic acids is 1. The van der Waals surface area contributed by atoms with Gasteiger partial charge in [0.15, 0.2) is 0 Å². The Labute approximate surface area is 221 Å². The molecule has 0 fully saturated rings. The minimum atomic E-state index is -0.873. The smallest absolute Gasteiger partial charge is 0.307 e. The van der Waals surface area contributed by atoms with Gasteiger partial charge in [0, 0.05) is 46.5 Å². The van der Waals surface area contributed by atoms with Crippen molar-refractivity contribution < 1.29 is 9.90 Å². The highest BCUT2D eigenvalue weighted by Crippen LogP contribution is 2.42. The normalized spacial score (nSPS) is 11.4. The fourth-order valence-electron chi connectivity index (χ4n) is 4.69. The van der Waals surface area contributed by atoms with E-state index in [1.165, 1.54) is 6.33 Å². The number of thiazole rings is 1. The molecule has 3 aromatic heterocycles. The number of nitrogens with zero attached hydrogens (tertiary/aromatic N) is 5. The van der Waals surface area contributed by atoms with Gasteiger partial charge >= 0.3 is 5.97 Å². The van der Waals surface area contributed by atoms with Crippen molar-refractivity contribution in [3.05, 3.63) is 83.4 Å². The lowest BCUT2D eigenvalue weighted by molar-refractivity contribution is -0.136. The van der Waals surface area contributed by atoms with Crippen LogP contribution in [0, 0.1) is 6.92 Å². The van der Waals surface area contributed by atoms with Crippen LogP contribution in [0.3, 0.4) is 0 Å². The van der Waals surface area contributed by atoms with E-state index in [0.717, 1.165) is 65.2 Å². The molecular weight excluding hydrogens is 506 g/mol. The number of aryl methyl sites for hydroxylation is 2. The average molecular weight is 526 g/mol. The van der Waals surface area contributed by atoms with Crippen LogP contribution in [0.2, 0.25) is 5.02 Å². The van der Waals surface area contributed by atoms with E-state index in [-0.39, 0.29) is 6.42 Å². The lowest BCUT2D eigenvalue weighted by Crippen LogP contribution is -2.04. The molecule has 6 aromatic rings. The van der Waals surface area contributed by atoms with Gasteiger partial charge in [-0.2, -0.15) is 5.10 Å². The van der Waals surface area contributed by atoms with Crippen LogP contribution in [-0.2, 0) is 18.3 Å². The zero-order valence-corrected chi connectivity index (χ0v) is 21.5. The van der Waals surface area contributed by atoms with Gasteiger partial charge < -0.3 is 5.11 Å². The van der Waals surface area contributed by atoms with Crippen molar-refractivity contribution in [2.24, 2.45) is 7.05 Å². The summed E-state index contributed by atoms with van der Waals surface area (Å²) in [4.78, 5) is 25.0. The van der Waals surface area contributed by atoms with Crippen LogP contribution in [0.5, 0.6) is 0 Å². The highest BCUT2D eigenvalue weighted by molar-refractivity contribution is 7.22.